The number of carbonyl (C=O) groups is 1. The Morgan fingerprint density at radius 2 is 1.39 bits per heavy atom. The molecule has 0 bridgehead atoms. The number of ketones is 1. The van der Waals surface area contributed by atoms with Gasteiger partial charge in [-0.05, 0) is 12.1 Å². The van der Waals surface area contributed by atoms with Crippen molar-refractivity contribution in [2.24, 2.45) is 0 Å². The monoisotopic (exact) mass is 306 g/mol. The second-order valence-electron chi connectivity index (χ2n) is 4.98. The number of rotatable bonds is 4. The number of phenols is 2. The van der Waals surface area contributed by atoms with Gasteiger partial charge in [0.25, 0.3) is 0 Å². The molecule has 0 aromatic heterocycles. The second-order valence-corrected chi connectivity index (χ2v) is 4.98. The number of ether oxygens (including phenoxy) is 1. The predicted octanol–water partition coefficient (Wildman–Crippen LogP) is 4.12. The summed E-state index contributed by atoms with van der Waals surface area (Å²) in [4.78, 5) is 12.6. The van der Waals surface area contributed by atoms with E-state index in [0.29, 0.717) is 16.9 Å². The third kappa shape index (κ3) is 3.32. The minimum absolute atomic E-state index is 0.119. The lowest BCUT2D eigenvalue weighted by molar-refractivity contribution is 0.103. The first kappa shape index (κ1) is 14.7. The van der Waals surface area contributed by atoms with Crippen LogP contribution in [0.15, 0.2) is 72.8 Å². The Kier molecular flexibility index (Phi) is 3.97. The second kappa shape index (κ2) is 6.23. The fourth-order valence-corrected chi connectivity index (χ4v) is 2.24. The predicted molar refractivity (Wildman–Crippen MR) is 86.2 cm³/mol. The van der Waals surface area contributed by atoms with Crippen molar-refractivity contribution in [1.82, 2.24) is 0 Å². The van der Waals surface area contributed by atoms with Gasteiger partial charge in [0.15, 0.2) is 5.78 Å². The van der Waals surface area contributed by atoms with Gasteiger partial charge in [0.05, 0.1) is 5.56 Å². The summed E-state index contributed by atoms with van der Waals surface area (Å²) in [6.07, 6.45) is 0. The molecule has 0 fully saturated rings. The number of para-hydroxylation sites is 1. The summed E-state index contributed by atoms with van der Waals surface area (Å²) in [6, 6.07) is 19.7. The Morgan fingerprint density at radius 3 is 2.09 bits per heavy atom. The Hall–Kier alpha value is -3.27. The molecule has 0 saturated carbocycles. The number of carbonyl (C=O) groups excluding carboxylic acids is 1. The summed E-state index contributed by atoms with van der Waals surface area (Å²) in [7, 11) is 0. The summed E-state index contributed by atoms with van der Waals surface area (Å²) >= 11 is 0. The van der Waals surface area contributed by atoms with Crippen molar-refractivity contribution in [3.63, 3.8) is 0 Å². The lowest BCUT2D eigenvalue weighted by Gasteiger charge is -2.11. The van der Waals surface area contributed by atoms with E-state index in [9.17, 15) is 15.0 Å². The van der Waals surface area contributed by atoms with Crippen molar-refractivity contribution in [3.05, 3.63) is 83.9 Å². The van der Waals surface area contributed by atoms with Crippen LogP contribution in [0, 0.1) is 0 Å². The van der Waals surface area contributed by atoms with Crippen LogP contribution in [0.4, 0.5) is 0 Å². The van der Waals surface area contributed by atoms with E-state index in [2.05, 4.69) is 0 Å². The smallest absolute Gasteiger partial charge is 0.196 e. The zero-order chi connectivity index (χ0) is 16.2. The van der Waals surface area contributed by atoms with Gasteiger partial charge in [0.2, 0.25) is 0 Å². The zero-order valence-electron chi connectivity index (χ0n) is 12.1. The van der Waals surface area contributed by atoms with Crippen LogP contribution in [0.2, 0.25) is 0 Å². The molecule has 114 valence electrons. The van der Waals surface area contributed by atoms with Gasteiger partial charge in [-0.15, -0.1) is 0 Å². The number of hydrogen-bond donors (Lipinski definition) is 2. The van der Waals surface area contributed by atoms with E-state index in [1.165, 1.54) is 18.2 Å². The van der Waals surface area contributed by atoms with Gasteiger partial charge < -0.3 is 14.9 Å². The summed E-state index contributed by atoms with van der Waals surface area (Å²) < 4.78 is 5.67. The van der Waals surface area contributed by atoms with E-state index in [0.717, 1.165) is 0 Å². The van der Waals surface area contributed by atoms with Crippen LogP contribution in [0.1, 0.15) is 15.9 Å². The van der Waals surface area contributed by atoms with Crippen molar-refractivity contribution >= 4 is 5.78 Å². The van der Waals surface area contributed by atoms with E-state index in [-0.39, 0.29) is 23.0 Å². The number of aromatic hydroxyl groups is 2. The van der Waals surface area contributed by atoms with Crippen LogP contribution < -0.4 is 4.74 Å². The SMILES string of the molecule is O=C(c1ccccc1)c1ccccc1Oc1cc(O)cc(O)c1. The highest BCUT2D eigenvalue weighted by Crippen LogP contribution is 2.32. The molecule has 0 saturated heterocycles. The minimum atomic E-state index is -0.162. The fourth-order valence-electron chi connectivity index (χ4n) is 2.24. The maximum atomic E-state index is 12.6. The number of hydrogen-bond acceptors (Lipinski definition) is 4. The first-order valence-electron chi connectivity index (χ1n) is 7.03. The summed E-state index contributed by atoms with van der Waals surface area (Å²) in [5, 5.41) is 19.0. The molecule has 0 unspecified atom stereocenters. The van der Waals surface area contributed by atoms with Crippen LogP contribution in [0.25, 0.3) is 0 Å². The lowest BCUT2D eigenvalue weighted by Crippen LogP contribution is -2.03. The molecule has 2 N–H and O–H groups in total. The van der Waals surface area contributed by atoms with Crippen LogP contribution in [0.3, 0.4) is 0 Å². The van der Waals surface area contributed by atoms with Gasteiger partial charge in [0.1, 0.15) is 23.0 Å². The van der Waals surface area contributed by atoms with Gasteiger partial charge in [-0.3, -0.25) is 4.79 Å². The first-order valence-corrected chi connectivity index (χ1v) is 7.03. The van der Waals surface area contributed by atoms with E-state index in [1.807, 2.05) is 6.07 Å². The topological polar surface area (TPSA) is 66.8 Å². The van der Waals surface area contributed by atoms with E-state index < -0.39 is 0 Å². The van der Waals surface area contributed by atoms with Gasteiger partial charge >= 0.3 is 0 Å². The zero-order valence-corrected chi connectivity index (χ0v) is 12.1. The molecule has 0 aliphatic carbocycles. The third-order valence-corrected chi connectivity index (χ3v) is 3.27. The van der Waals surface area contributed by atoms with Crippen LogP contribution in [-0.2, 0) is 0 Å². The molecule has 0 spiro atoms. The largest absolute Gasteiger partial charge is 0.508 e. The molecule has 23 heavy (non-hydrogen) atoms. The lowest BCUT2D eigenvalue weighted by atomic mass is 10.0. The van der Waals surface area contributed by atoms with Crippen LogP contribution >= 0.6 is 0 Å². The minimum Gasteiger partial charge on any atom is -0.508 e. The Morgan fingerprint density at radius 1 is 0.783 bits per heavy atom. The van der Waals surface area contributed by atoms with Gasteiger partial charge in [-0.25, -0.2) is 0 Å². The van der Waals surface area contributed by atoms with Crippen molar-refractivity contribution in [2.75, 3.05) is 0 Å². The van der Waals surface area contributed by atoms with Gasteiger partial charge in [-0.1, -0.05) is 42.5 Å². The van der Waals surface area contributed by atoms with Crippen LogP contribution in [-0.4, -0.2) is 16.0 Å². The number of benzene rings is 3. The molecule has 3 aromatic carbocycles. The average Bonchev–Trinajstić information content (AvgIpc) is 2.54. The highest BCUT2D eigenvalue weighted by atomic mass is 16.5. The molecular weight excluding hydrogens is 292 g/mol. The van der Waals surface area contributed by atoms with Crippen LogP contribution in [0.5, 0.6) is 23.0 Å². The quantitative estimate of drug-likeness (QED) is 0.711. The van der Waals surface area contributed by atoms with E-state index in [4.69, 9.17) is 4.74 Å². The standard InChI is InChI=1S/C19H14O4/c20-14-10-15(21)12-16(11-14)23-18-9-5-4-8-17(18)19(22)13-6-2-1-3-7-13/h1-12,20-21H. The molecule has 3 rings (SSSR count). The van der Waals surface area contributed by atoms with E-state index >= 15 is 0 Å². The molecule has 4 nitrogen and oxygen atoms in total. The molecule has 0 heterocycles. The molecule has 0 aliphatic rings. The van der Waals surface area contributed by atoms with Crippen molar-refractivity contribution in [2.45, 2.75) is 0 Å². The van der Waals surface area contributed by atoms with Gasteiger partial charge in [-0.2, -0.15) is 0 Å². The maximum absolute atomic E-state index is 12.6. The fraction of sp³-hybridized carbons (Fsp3) is 0. The summed E-state index contributed by atoms with van der Waals surface area (Å²) in [6.45, 7) is 0. The molecule has 4 heteroatoms. The maximum Gasteiger partial charge on any atom is 0.196 e. The van der Waals surface area contributed by atoms with E-state index in [1.54, 1.807) is 48.5 Å². The number of phenolic OH excluding ortho intramolecular Hbond substituents is 2. The average molecular weight is 306 g/mol. The molecule has 0 amide bonds. The highest BCUT2D eigenvalue weighted by Gasteiger charge is 2.15. The molecule has 0 atom stereocenters. The highest BCUT2D eigenvalue weighted by molar-refractivity contribution is 6.10. The van der Waals surface area contributed by atoms with Crippen molar-refractivity contribution in [1.29, 1.82) is 0 Å². The molecule has 0 radical (unpaired) electrons. The van der Waals surface area contributed by atoms with Crippen molar-refractivity contribution in [3.8, 4) is 23.0 Å². The Labute approximate surface area is 133 Å². The van der Waals surface area contributed by atoms with Crippen molar-refractivity contribution < 1.29 is 19.7 Å². The molecule has 0 aliphatic heterocycles. The third-order valence-electron chi connectivity index (χ3n) is 3.27. The Balaban J connectivity index is 1.96. The Bertz CT molecular complexity index is 821. The molecule has 3 aromatic rings. The first-order chi connectivity index (χ1) is 11.1. The van der Waals surface area contributed by atoms with Gasteiger partial charge in [0, 0.05) is 23.8 Å². The normalized spacial score (nSPS) is 10.3. The summed E-state index contributed by atoms with van der Waals surface area (Å²) in [5.74, 6) is 0.200. The molecular formula is C19H14O4. The summed E-state index contributed by atoms with van der Waals surface area (Å²) in [5.41, 5.74) is 0.962.